The SMILES string of the molecule is Nc1cccc(Cl)c1C(O)C(O)CCS. The molecule has 0 saturated heterocycles. The van der Waals surface area contributed by atoms with Crippen LogP contribution in [0.25, 0.3) is 0 Å². The number of halogens is 1. The van der Waals surface area contributed by atoms with Crippen LogP contribution in [-0.2, 0) is 0 Å². The summed E-state index contributed by atoms with van der Waals surface area (Å²) in [6.45, 7) is 0. The van der Waals surface area contributed by atoms with Gasteiger partial charge in [0.25, 0.3) is 0 Å². The van der Waals surface area contributed by atoms with Crippen LogP contribution in [0.5, 0.6) is 0 Å². The number of hydrogen-bond acceptors (Lipinski definition) is 4. The maximum absolute atomic E-state index is 9.83. The number of aliphatic hydroxyl groups is 2. The highest BCUT2D eigenvalue weighted by Gasteiger charge is 2.22. The molecule has 2 unspecified atom stereocenters. The topological polar surface area (TPSA) is 66.5 Å². The van der Waals surface area contributed by atoms with E-state index in [1.165, 1.54) is 0 Å². The van der Waals surface area contributed by atoms with E-state index >= 15 is 0 Å². The van der Waals surface area contributed by atoms with Gasteiger partial charge < -0.3 is 15.9 Å². The first-order chi connectivity index (χ1) is 7.07. The molecule has 84 valence electrons. The lowest BCUT2D eigenvalue weighted by atomic mass is 10.0. The minimum Gasteiger partial charge on any atom is -0.398 e. The Labute approximate surface area is 99.3 Å². The summed E-state index contributed by atoms with van der Waals surface area (Å²) in [6.07, 6.45) is -1.58. The maximum Gasteiger partial charge on any atom is 0.108 e. The van der Waals surface area contributed by atoms with E-state index in [1.54, 1.807) is 18.2 Å². The second kappa shape index (κ2) is 5.61. The molecule has 0 radical (unpaired) electrons. The van der Waals surface area contributed by atoms with Gasteiger partial charge in [0.15, 0.2) is 0 Å². The van der Waals surface area contributed by atoms with E-state index < -0.39 is 12.2 Å². The predicted molar refractivity (Wildman–Crippen MR) is 65.3 cm³/mol. The van der Waals surface area contributed by atoms with E-state index in [9.17, 15) is 10.2 Å². The van der Waals surface area contributed by atoms with E-state index in [2.05, 4.69) is 12.6 Å². The Kier molecular flexibility index (Phi) is 4.73. The van der Waals surface area contributed by atoms with Gasteiger partial charge >= 0.3 is 0 Å². The fourth-order valence-corrected chi connectivity index (χ4v) is 1.91. The number of hydrogen-bond donors (Lipinski definition) is 4. The molecule has 0 fully saturated rings. The molecule has 0 aliphatic rings. The molecule has 0 bridgehead atoms. The van der Waals surface area contributed by atoms with Crippen molar-refractivity contribution in [2.24, 2.45) is 0 Å². The fraction of sp³-hybridized carbons (Fsp3) is 0.400. The molecule has 1 rings (SSSR count). The smallest absolute Gasteiger partial charge is 0.108 e. The van der Waals surface area contributed by atoms with Crippen LogP contribution in [0.15, 0.2) is 18.2 Å². The lowest BCUT2D eigenvalue weighted by Crippen LogP contribution is -2.20. The first-order valence-electron chi connectivity index (χ1n) is 4.58. The van der Waals surface area contributed by atoms with Crippen LogP contribution in [0.2, 0.25) is 5.02 Å². The summed E-state index contributed by atoms with van der Waals surface area (Å²) in [7, 11) is 0. The van der Waals surface area contributed by atoms with Gasteiger partial charge in [0, 0.05) is 16.3 Å². The Bertz CT molecular complexity index is 315. The molecule has 0 spiro atoms. The van der Waals surface area contributed by atoms with Gasteiger partial charge in [-0.3, -0.25) is 0 Å². The number of thiol groups is 1. The molecular formula is C10H14ClNO2S. The van der Waals surface area contributed by atoms with Crippen LogP contribution in [0, 0.1) is 0 Å². The first-order valence-corrected chi connectivity index (χ1v) is 5.59. The molecule has 0 heterocycles. The van der Waals surface area contributed by atoms with Crippen molar-refractivity contribution in [2.75, 3.05) is 11.5 Å². The van der Waals surface area contributed by atoms with E-state index in [0.29, 0.717) is 28.4 Å². The standard InChI is InChI=1S/C10H14ClNO2S/c11-6-2-1-3-7(12)9(6)10(14)8(13)4-5-15/h1-3,8,10,13-15H,4-5,12H2. The van der Waals surface area contributed by atoms with E-state index in [-0.39, 0.29) is 0 Å². The number of aliphatic hydroxyl groups excluding tert-OH is 2. The summed E-state index contributed by atoms with van der Waals surface area (Å²) in [5, 5.41) is 19.8. The molecule has 3 nitrogen and oxygen atoms in total. The third-order valence-electron chi connectivity index (χ3n) is 2.17. The molecule has 0 aliphatic heterocycles. The van der Waals surface area contributed by atoms with Crippen molar-refractivity contribution in [3.63, 3.8) is 0 Å². The van der Waals surface area contributed by atoms with Gasteiger partial charge in [0.1, 0.15) is 6.10 Å². The number of nitrogen functional groups attached to an aromatic ring is 1. The third-order valence-corrected chi connectivity index (χ3v) is 2.76. The molecule has 0 saturated carbocycles. The van der Waals surface area contributed by atoms with Crippen molar-refractivity contribution < 1.29 is 10.2 Å². The van der Waals surface area contributed by atoms with Crippen molar-refractivity contribution in [1.29, 1.82) is 0 Å². The molecule has 2 atom stereocenters. The Balaban J connectivity index is 2.94. The van der Waals surface area contributed by atoms with Gasteiger partial charge in [-0.1, -0.05) is 17.7 Å². The zero-order chi connectivity index (χ0) is 11.4. The monoisotopic (exact) mass is 247 g/mol. The van der Waals surface area contributed by atoms with Crippen molar-refractivity contribution in [3.05, 3.63) is 28.8 Å². The van der Waals surface area contributed by atoms with Gasteiger partial charge in [-0.2, -0.15) is 12.6 Å². The van der Waals surface area contributed by atoms with Gasteiger partial charge in [-0.25, -0.2) is 0 Å². The number of nitrogens with two attached hydrogens (primary N) is 1. The zero-order valence-electron chi connectivity index (χ0n) is 8.10. The summed E-state index contributed by atoms with van der Waals surface area (Å²) in [5.41, 5.74) is 6.45. The fourth-order valence-electron chi connectivity index (χ4n) is 1.35. The highest BCUT2D eigenvalue weighted by molar-refractivity contribution is 7.80. The van der Waals surface area contributed by atoms with E-state index in [0.717, 1.165) is 0 Å². The molecule has 0 aliphatic carbocycles. The van der Waals surface area contributed by atoms with Crippen LogP contribution < -0.4 is 5.73 Å². The minimum atomic E-state index is -1.06. The summed E-state index contributed by atoms with van der Waals surface area (Å²) in [4.78, 5) is 0. The minimum absolute atomic E-state index is 0.362. The molecular weight excluding hydrogens is 234 g/mol. The number of rotatable bonds is 4. The molecule has 0 aromatic heterocycles. The van der Waals surface area contributed by atoms with E-state index in [1.807, 2.05) is 0 Å². The lowest BCUT2D eigenvalue weighted by Gasteiger charge is -2.20. The van der Waals surface area contributed by atoms with Gasteiger partial charge in [0.2, 0.25) is 0 Å². The molecule has 5 heteroatoms. The van der Waals surface area contributed by atoms with E-state index in [4.69, 9.17) is 17.3 Å². The summed E-state index contributed by atoms with van der Waals surface area (Å²) < 4.78 is 0. The van der Waals surface area contributed by atoms with Crippen molar-refractivity contribution >= 4 is 29.9 Å². The first kappa shape index (κ1) is 12.6. The lowest BCUT2D eigenvalue weighted by molar-refractivity contribution is 0.0177. The molecule has 1 aromatic rings. The van der Waals surface area contributed by atoms with Crippen LogP contribution in [-0.4, -0.2) is 22.1 Å². The summed E-state index contributed by atoms with van der Waals surface area (Å²) in [6, 6.07) is 4.96. The number of benzene rings is 1. The third kappa shape index (κ3) is 3.01. The van der Waals surface area contributed by atoms with Crippen LogP contribution >= 0.6 is 24.2 Å². The Morgan fingerprint density at radius 2 is 2.07 bits per heavy atom. The van der Waals surface area contributed by atoms with Crippen molar-refractivity contribution in [2.45, 2.75) is 18.6 Å². The van der Waals surface area contributed by atoms with Crippen molar-refractivity contribution in [3.8, 4) is 0 Å². The Morgan fingerprint density at radius 3 is 2.60 bits per heavy atom. The number of anilines is 1. The van der Waals surface area contributed by atoms with Crippen LogP contribution in [0.1, 0.15) is 18.1 Å². The van der Waals surface area contributed by atoms with Crippen LogP contribution in [0.3, 0.4) is 0 Å². The summed E-state index contributed by atoms with van der Waals surface area (Å²) >= 11 is 9.88. The highest BCUT2D eigenvalue weighted by atomic mass is 35.5. The second-order valence-electron chi connectivity index (χ2n) is 3.27. The largest absolute Gasteiger partial charge is 0.398 e. The second-order valence-corrected chi connectivity index (χ2v) is 4.12. The van der Waals surface area contributed by atoms with Crippen molar-refractivity contribution in [1.82, 2.24) is 0 Å². The predicted octanol–water partition coefficient (Wildman–Crippen LogP) is 1.64. The average Bonchev–Trinajstić information content (AvgIpc) is 2.17. The average molecular weight is 248 g/mol. The van der Waals surface area contributed by atoms with Gasteiger partial charge in [-0.15, -0.1) is 0 Å². The molecule has 15 heavy (non-hydrogen) atoms. The Hall–Kier alpha value is -0.420. The summed E-state index contributed by atoms with van der Waals surface area (Å²) in [5.74, 6) is 0.489. The molecule has 0 amide bonds. The Morgan fingerprint density at radius 1 is 1.40 bits per heavy atom. The molecule has 1 aromatic carbocycles. The van der Waals surface area contributed by atoms with Gasteiger partial charge in [-0.05, 0) is 24.3 Å². The highest BCUT2D eigenvalue weighted by Crippen LogP contribution is 2.31. The van der Waals surface area contributed by atoms with Gasteiger partial charge in [0.05, 0.1) is 6.10 Å². The molecule has 4 N–H and O–H groups in total. The normalized spacial score (nSPS) is 14.9. The zero-order valence-corrected chi connectivity index (χ0v) is 9.75. The van der Waals surface area contributed by atoms with Crippen LogP contribution in [0.4, 0.5) is 5.69 Å². The quantitative estimate of drug-likeness (QED) is 0.483. The maximum atomic E-state index is 9.83.